The van der Waals surface area contributed by atoms with E-state index >= 15 is 0 Å². The lowest BCUT2D eigenvalue weighted by Crippen LogP contribution is -2.47. The van der Waals surface area contributed by atoms with E-state index < -0.39 is 10.0 Å². The molecule has 1 atom stereocenters. The molecule has 0 bridgehead atoms. The maximum Gasteiger partial charge on any atom is 0.244 e. The van der Waals surface area contributed by atoms with Crippen LogP contribution < -0.4 is 5.73 Å². The summed E-state index contributed by atoms with van der Waals surface area (Å²) in [6, 6.07) is 5.87. The fraction of sp³-hybridized carbons (Fsp3) is 0.417. The summed E-state index contributed by atoms with van der Waals surface area (Å²) in [4.78, 5) is -0.00190. The number of rotatable bonds is 2. The van der Waals surface area contributed by atoms with Gasteiger partial charge < -0.3 is 10.5 Å². The molecule has 0 aromatic heterocycles. The molecule has 102 valence electrons. The molecule has 0 spiro atoms. The minimum absolute atomic E-state index is 0.00190. The predicted octanol–water partition coefficient (Wildman–Crippen LogP) is 0.550. The van der Waals surface area contributed by atoms with Crippen LogP contribution in [0.3, 0.4) is 0 Å². The van der Waals surface area contributed by atoms with Crippen LogP contribution in [0.15, 0.2) is 23.1 Å². The number of nitrogens with two attached hydrogens (primary N) is 1. The van der Waals surface area contributed by atoms with Gasteiger partial charge in [0, 0.05) is 18.3 Å². The lowest BCUT2D eigenvalue weighted by molar-refractivity contribution is 0.0392. The van der Waals surface area contributed by atoms with Crippen molar-refractivity contribution in [3.05, 3.63) is 23.8 Å². The number of benzene rings is 1. The molecule has 0 saturated carbocycles. The quantitative estimate of drug-likeness (QED) is 0.798. The van der Waals surface area contributed by atoms with Gasteiger partial charge in [0.25, 0.3) is 0 Å². The first-order chi connectivity index (χ1) is 8.96. The Labute approximate surface area is 112 Å². The molecule has 7 heteroatoms. The average molecular weight is 281 g/mol. The molecule has 2 N–H and O–H groups in total. The highest BCUT2D eigenvalue weighted by Crippen LogP contribution is 2.24. The first kappa shape index (κ1) is 13.8. The smallest absolute Gasteiger partial charge is 0.244 e. The van der Waals surface area contributed by atoms with Gasteiger partial charge in [-0.25, -0.2) is 8.42 Å². The van der Waals surface area contributed by atoms with Crippen LogP contribution in [0.5, 0.6) is 0 Å². The lowest BCUT2D eigenvalue weighted by Gasteiger charge is -2.32. The van der Waals surface area contributed by atoms with Crippen LogP contribution >= 0.6 is 0 Å². The van der Waals surface area contributed by atoms with Crippen LogP contribution in [0.1, 0.15) is 12.5 Å². The predicted molar refractivity (Wildman–Crippen MR) is 69.7 cm³/mol. The maximum atomic E-state index is 12.6. The van der Waals surface area contributed by atoms with Crippen molar-refractivity contribution in [1.29, 1.82) is 5.26 Å². The number of nitrogen functional groups attached to an aromatic ring is 1. The van der Waals surface area contributed by atoms with E-state index in [1.807, 2.05) is 6.07 Å². The van der Waals surface area contributed by atoms with Crippen molar-refractivity contribution in [2.45, 2.75) is 17.9 Å². The number of nitrogens with zero attached hydrogens (tertiary/aromatic N) is 2. The highest BCUT2D eigenvalue weighted by atomic mass is 32.2. The van der Waals surface area contributed by atoms with Crippen LogP contribution in [0.2, 0.25) is 0 Å². The fourth-order valence-corrected chi connectivity index (χ4v) is 3.78. The Hall–Kier alpha value is -1.62. The molecule has 1 unspecified atom stereocenters. The summed E-state index contributed by atoms with van der Waals surface area (Å²) in [5, 5.41) is 9.06. The zero-order valence-corrected chi connectivity index (χ0v) is 11.4. The van der Waals surface area contributed by atoms with Crippen molar-refractivity contribution in [2.24, 2.45) is 0 Å². The van der Waals surface area contributed by atoms with Gasteiger partial charge in [0.2, 0.25) is 10.0 Å². The highest BCUT2D eigenvalue weighted by Gasteiger charge is 2.33. The first-order valence-corrected chi connectivity index (χ1v) is 7.30. The average Bonchev–Trinajstić information content (AvgIpc) is 2.38. The number of ether oxygens (including phenoxy) is 1. The van der Waals surface area contributed by atoms with E-state index in [1.165, 1.54) is 22.5 Å². The summed E-state index contributed by atoms with van der Waals surface area (Å²) in [5.41, 5.74) is 6.01. The Kier molecular flexibility index (Phi) is 3.75. The van der Waals surface area contributed by atoms with Gasteiger partial charge in [-0.2, -0.15) is 9.57 Å². The zero-order valence-electron chi connectivity index (χ0n) is 10.5. The van der Waals surface area contributed by atoms with Gasteiger partial charge in [-0.15, -0.1) is 0 Å². The maximum absolute atomic E-state index is 12.6. The molecule has 1 aliphatic heterocycles. The molecule has 2 rings (SSSR count). The van der Waals surface area contributed by atoms with Crippen LogP contribution in [0.4, 0.5) is 5.69 Å². The minimum Gasteiger partial charge on any atom is -0.399 e. The van der Waals surface area contributed by atoms with Gasteiger partial charge in [-0.05, 0) is 25.1 Å². The molecule has 19 heavy (non-hydrogen) atoms. The SMILES string of the molecule is CC1COCCN1S(=O)(=O)c1ccc(N)cc1C#N. The van der Waals surface area contributed by atoms with E-state index in [4.69, 9.17) is 15.7 Å². The largest absolute Gasteiger partial charge is 0.399 e. The number of morpholine rings is 1. The van der Waals surface area contributed by atoms with E-state index in [1.54, 1.807) is 6.92 Å². The number of hydrogen-bond donors (Lipinski definition) is 1. The summed E-state index contributed by atoms with van der Waals surface area (Å²) in [7, 11) is -3.70. The monoisotopic (exact) mass is 281 g/mol. The standard InChI is InChI=1S/C12H15N3O3S/c1-9-8-18-5-4-15(9)19(16,17)12-3-2-11(14)6-10(12)7-13/h2-3,6,9H,4-5,8,14H2,1H3. The lowest BCUT2D eigenvalue weighted by atomic mass is 10.2. The molecular formula is C12H15N3O3S. The molecule has 0 aliphatic carbocycles. The molecular weight excluding hydrogens is 266 g/mol. The van der Waals surface area contributed by atoms with Crippen molar-refractivity contribution in [2.75, 3.05) is 25.5 Å². The van der Waals surface area contributed by atoms with Gasteiger partial charge in [0.1, 0.15) is 11.0 Å². The normalized spacial score (nSPS) is 20.9. The summed E-state index contributed by atoms with van der Waals surface area (Å²) >= 11 is 0. The third kappa shape index (κ3) is 2.56. The number of hydrogen-bond acceptors (Lipinski definition) is 5. The van der Waals surface area contributed by atoms with E-state index in [9.17, 15) is 8.42 Å². The number of anilines is 1. The summed E-state index contributed by atoms with van der Waals surface area (Å²) in [6.07, 6.45) is 0. The third-order valence-electron chi connectivity index (χ3n) is 3.02. The summed E-state index contributed by atoms with van der Waals surface area (Å²) < 4.78 is 31.7. The van der Waals surface area contributed by atoms with Crippen LogP contribution in [-0.4, -0.2) is 38.5 Å². The Balaban J connectivity index is 2.48. The fourth-order valence-electron chi connectivity index (χ4n) is 2.06. The zero-order chi connectivity index (χ0) is 14.0. The van der Waals surface area contributed by atoms with Gasteiger partial charge in [-0.1, -0.05) is 0 Å². The Morgan fingerprint density at radius 2 is 2.26 bits per heavy atom. The minimum atomic E-state index is -3.70. The Morgan fingerprint density at radius 3 is 2.89 bits per heavy atom. The van der Waals surface area contributed by atoms with Crippen LogP contribution in [-0.2, 0) is 14.8 Å². The second kappa shape index (κ2) is 5.17. The van der Waals surface area contributed by atoms with Crippen LogP contribution in [0.25, 0.3) is 0 Å². The highest BCUT2D eigenvalue weighted by molar-refractivity contribution is 7.89. The second-order valence-electron chi connectivity index (χ2n) is 4.41. The molecule has 1 aromatic carbocycles. The first-order valence-electron chi connectivity index (χ1n) is 5.86. The van der Waals surface area contributed by atoms with Crippen molar-refractivity contribution in [3.8, 4) is 6.07 Å². The third-order valence-corrected chi connectivity index (χ3v) is 5.09. The molecule has 1 heterocycles. The summed E-state index contributed by atoms with van der Waals surface area (Å²) in [5.74, 6) is 0. The van der Waals surface area contributed by atoms with Crippen molar-refractivity contribution >= 4 is 15.7 Å². The Bertz CT molecular complexity index is 622. The molecule has 1 aromatic rings. The van der Waals surface area contributed by atoms with Gasteiger partial charge >= 0.3 is 0 Å². The molecule has 1 aliphatic rings. The summed E-state index contributed by atoms with van der Waals surface area (Å²) in [6.45, 7) is 2.79. The topological polar surface area (TPSA) is 96.4 Å². The van der Waals surface area contributed by atoms with E-state index in [0.717, 1.165) is 0 Å². The number of sulfonamides is 1. The molecule has 1 fully saturated rings. The van der Waals surface area contributed by atoms with Crippen molar-refractivity contribution in [1.82, 2.24) is 4.31 Å². The number of nitriles is 1. The Morgan fingerprint density at radius 1 is 1.53 bits per heavy atom. The molecule has 0 amide bonds. The molecule has 0 radical (unpaired) electrons. The van der Waals surface area contributed by atoms with Crippen molar-refractivity contribution in [3.63, 3.8) is 0 Å². The van der Waals surface area contributed by atoms with Gasteiger partial charge in [0.05, 0.1) is 18.8 Å². The molecule has 6 nitrogen and oxygen atoms in total. The van der Waals surface area contributed by atoms with Gasteiger partial charge in [-0.3, -0.25) is 0 Å². The van der Waals surface area contributed by atoms with E-state index in [-0.39, 0.29) is 16.5 Å². The second-order valence-corrected chi connectivity index (χ2v) is 6.27. The van der Waals surface area contributed by atoms with E-state index in [2.05, 4.69) is 0 Å². The van der Waals surface area contributed by atoms with Crippen molar-refractivity contribution < 1.29 is 13.2 Å². The van der Waals surface area contributed by atoms with E-state index in [0.29, 0.717) is 25.4 Å². The van der Waals surface area contributed by atoms with Gasteiger partial charge in [0.15, 0.2) is 0 Å². The molecule has 1 saturated heterocycles. The van der Waals surface area contributed by atoms with Crippen LogP contribution in [0, 0.1) is 11.3 Å².